The summed E-state index contributed by atoms with van der Waals surface area (Å²) >= 11 is 0. The van der Waals surface area contributed by atoms with Crippen molar-refractivity contribution in [1.82, 2.24) is 9.97 Å². The van der Waals surface area contributed by atoms with E-state index >= 15 is 0 Å². The maximum Gasteiger partial charge on any atom is 0.148 e. The molecule has 1 saturated carbocycles. The first kappa shape index (κ1) is 13.6. The van der Waals surface area contributed by atoms with E-state index < -0.39 is 0 Å². The molecule has 0 bridgehead atoms. The molecule has 2 aliphatic rings. The number of anilines is 2. The van der Waals surface area contributed by atoms with Gasteiger partial charge in [-0.3, -0.25) is 0 Å². The van der Waals surface area contributed by atoms with Gasteiger partial charge in [-0.2, -0.15) is 0 Å². The molecule has 0 aromatic carbocycles. The Balaban J connectivity index is 1.96. The van der Waals surface area contributed by atoms with E-state index in [1.165, 1.54) is 19.3 Å². The van der Waals surface area contributed by atoms with E-state index in [0.29, 0.717) is 18.0 Å². The highest BCUT2D eigenvalue weighted by molar-refractivity contribution is 5.59. The number of nitrogens with two attached hydrogens (primary N) is 1. The number of nitrogens with zero attached hydrogens (tertiary/aromatic N) is 3. The fraction of sp³-hybridized carbons (Fsp3) is 0.714. The van der Waals surface area contributed by atoms with Crippen LogP contribution >= 0.6 is 0 Å². The molecule has 2 atom stereocenters. The first-order chi connectivity index (χ1) is 9.70. The van der Waals surface area contributed by atoms with Gasteiger partial charge in [-0.1, -0.05) is 12.8 Å². The smallest absolute Gasteiger partial charge is 0.148 e. The van der Waals surface area contributed by atoms with E-state index in [-0.39, 0.29) is 0 Å². The molecule has 1 aromatic rings. The average molecular weight is 277 g/mol. The van der Waals surface area contributed by atoms with Gasteiger partial charge < -0.3 is 15.1 Å². The predicted molar refractivity (Wildman–Crippen MR) is 78.7 cm³/mol. The van der Waals surface area contributed by atoms with Crippen molar-refractivity contribution in [3.8, 4) is 0 Å². The van der Waals surface area contributed by atoms with Gasteiger partial charge in [0.25, 0.3) is 0 Å². The fourth-order valence-corrected chi connectivity index (χ4v) is 3.39. The van der Waals surface area contributed by atoms with Crippen LogP contribution in [-0.2, 0) is 4.74 Å². The van der Waals surface area contributed by atoms with Crippen LogP contribution in [0.15, 0.2) is 0 Å². The molecule has 3 rings (SSSR count). The molecule has 20 heavy (non-hydrogen) atoms. The maximum atomic E-state index is 5.93. The van der Waals surface area contributed by atoms with Gasteiger partial charge >= 0.3 is 0 Å². The number of aryl methyl sites for hydroxylation is 1. The zero-order valence-corrected chi connectivity index (χ0v) is 12.2. The molecule has 110 valence electrons. The Morgan fingerprint density at radius 1 is 1.25 bits per heavy atom. The number of ether oxygens (including phenoxy) is 1. The zero-order valence-electron chi connectivity index (χ0n) is 12.2. The summed E-state index contributed by atoms with van der Waals surface area (Å²) in [6.07, 6.45) is 5.23. The van der Waals surface area contributed by atoms with Gasteiger partial charge in [0.05, 0.1) is 18.8 Å². The van der Waals surface area contributed by atoms with Crippen LogP contribution in [0.25, 0.3) is 0 Å². The Morgan fingerprint density at radius 3 is 2.85 bits per heavy atom. The van der Waals surface area contributed by atoms with Crippen LogP contribution in [0.2, 0.25) is 0 Å². The third-order valence-corrected chi connectivity index (χ3v) is 4.37. The first-order valence-corrected chi connectivity index (χ1v) is 7.41. The van der Waals surface area contributed by atoms with Crippen molar-refractivity contribution < 1.29 is 4.74 Å². The molecule has 2 heterocycles. The van der Waals surface area contributed by atoms with Gasteiger partial charge in [0, 0.05) is 12.1 Å². The molecule has 0 amide bonds. The Bertz CT molecular complexity index is 491. The molecule has 1 aliphatic carbocycles. The summed E-state index contributed by atoms with van der Waals surface area (Å²) in [6.45, 7) is 5.59. The van der Waals surface area contributed by atoms with E-state index in [1.807, 2.05) is 13.8 Å². The standard InChI is InChI=1S/C14H23N5O/c1-9-13(18-15)16-10(2)17-14(9)19-7-8-20-12-6-4-3-5-11(12)19/h11-12H,3-8,15H2,1-2H3,(H,16,17,18). The van der Waals surface area contributed by atoms with E-state index in [4.69, 9.17) is 10.6 Å². The number of fused-ring (bicyclic) bond motifs is 1. The van der Waals surface area contributed by atoms with Gasteiger partial charge in [-0.15, -0.1) is 0 Å². The lowest BCUT2D eigenvalue weighted by molar-refractivity contribution is -0.00904. The van der Waals surface area contributed by atoms with Gasteiger partial charge in [0.1, 0.15) is 17.5 Å². The topological polar surface area (TPSA) is 76.3 Å². The van der Waals surface area contributed by atoms with Crippen LogP contribution in [0.4, 0.5) is 11.6 Å². The number of rotatable bonds is 2. The Morgan fingerprint density at radius 2 is 2.05 bits per heavy atom. The fourth-order valence-electron chi connectivity index (χ4n) is 3.39. The molecule has 3 N–H and O–H groups in total. The number of hydrogen-bond acceptors (Lipinski definition) is 6. The highest BCUT2D eigenvalue weighted by Gasteiger charge is 2.35. The van der Waals surface area contributed by atoms with Crippen LogP contribution in [0.1, 0.15) is 37.1 Å². The third-order valence-electron chi connectivity index (χ3n) is 4.37. The number of nitrogen functional groups attached to an aromatic ring is 1. The molecule has 1 saturated heterocycles. The number of morpholine rings is 1. The monoisotopic (exact) mass is 277 g/mol. The van der Waals surface area contributed by atoms with E-state index in [0.717, 1.165) is 36.8 Å². The molecule has 1 aromatic heterocycles. The lowest BCUT2D eigenvalue weighted by Gasteiger charge is -2.45. The summed E-state index contributed by atoms with van der Waals surface area (Å²) in [5, 5.41) is 0. The van der Waals surface area contributed by atoms with Crippen LogP contribution < -0.4 is 16.2 Å². The summed E-state index contributed by atoms with van der Waals surface area (Å²) in [4.78, 5) is 11.4. The van der Waals surface area contributed by atoms with Gasteiger partial charge in [-0.25, -0.2) is 15.8 Å². The van der Waals surface area contributed by atoms with Crippen molar-refractivity contribution in [1.29, 1.82) is 0 Å². The number of aromatic nitrogens is 2. The van der Waals surface area contributed by atoms with E-state index in [2.05, 4.69) is 20.3 Å². The molecule has 6 nitrogen and oxygen atoms in total. The van der Waals surface area contributed by atoms with Crippen LogP contribution in [0, 0.1) is 13.8 Å². The van der Waals surface area contributed by atoms with Crippen LogP contribution in [0.3, 0.4) is 0 Å². The van der Waals surface area contributed by atoms with Crippen molar-refractivity contribution in [3.05, 3.63) is 11.4 Å². The molecular formula is C14H23N5O. The molecule has 0 radical (unpaired) electrons. The predicted octanol–water partition coefficient (Wildman–Crippen LogP) is 1.53. The molecule has 6 heteroatoms. The summed E-state index contributed by atoms with van der Waals surface area (Å²) in [6, 6.07) is 0.441. The lowest BCUT2D eigenvalue weighted by atomic mass is 9.90. The minimum atomic E-state index is 0.349. The van der Waals surface area contributed by atoms with Gasteiger partial charge in [0.2, 0.25) is 0 Å². The molecule has 2 unspecified atom stereocenters. The largest absolute Gasteiger partial charge is 0.374 e. The first-order valence-electron chi connectivity index (χ1n) is 7.41. The SMILES string of the molecule is Cc1nc(NN)c(C)c(N2CCOC3CCCCC32)n1. The Kier molecular flexibility index (Phi) is 3.76. The van der Waals surface area contributed by atoms with Gasteiger partial charge in [-0.05, 0) is 26.7 Å². The zero-order chi connectivity index (χ0) is 14.1. The third kappa shape index (κ3) is 2.33. The molecule has 1 aliphatic heterocycles. The minimum absolute atomic E-state index is 0.349. The highest BCUT2D eigenvalue weighted by atomic mass is 16.5. The van der Waals surface area contributed by atoms with Crippen molar-refractivity contribution in [2.45, 2.75) is 51.7 Å². The number of hydrogen-bond donors (Lipinski definition) is 2. The Labute approximate surface area is 119 Å². The van der Waals surface area contributed by atoms with Crippen molar-refractivity contribution in [2.75, 3.05) is 23.5 Å². The summed E-state index contributed by atoms with van der Waals surface area (Å²) < 4.78 is 5.93. The second kappa shape index (κ2) is 5.54. The normalized spacial score (nSPS) is 26.2. The highest BCUT2D eigenvalue weighted by Crippen LogP contribution is 2.33. The minimum Gasteiger partial charge on any atom is -0.374 e. The van der Waals surface area contributed by atoms with Crippen molar-refractivity contribution in [2.24, 2.45) is 5.84 Å². The molecular weight excluding hydrogens is 254 g/mol. The lowest BCUT2D eigenvalue weighted by Crippen LogP contribution is -2.53. The summed E-state index contributed by atoms with van der Waals surface area (Å²) in [7, 11) is 0. The molecule has 0 spiro atoms. The van der Waals surface area contributed by atoms with Crippen LogP contribution in [-0.4, -0.2) is 35.3 Å². The van der Waals surface area contributed by atoms with Gasteiger partial charge in [0.15, 0.2) is 0 Å². The second-order valence-electron chi connectivity index (χ2n) is 5.67. The van der Waals surface area contributed by atoms with Crippen molar-refractivity contribution in [3.63, 3.8) is 0 Å². The Hall–Kier alpha value is -1.40. The quantitative estimate of drug-likeness (QED) is 0.630. The van der Waals surface area contributed by atoms with E-state index in [1.54, 1.807) is 0 Å². The maximum absolute atomic E-state index is 5.93. The number of hydrazine groups is 1. The average Bonchev–Trinajstić information content (AvgIpc) is 2.48. The summed E-state index contributed by atoms with van der Waals surface area (Å²) in [5.74, 6) is 8.03. The van der Waals surface area contributed by atoms with Crippen molar-refractivity contribution >= 4 is 11.6 Å². The summed E-state index contributed by atoms with van der Waals surface area (Å²) in [5.41, 5.74) is 3.70. The van der Waals surface area contributed by atoms with Crippen LogP contribution in [0.5, 0.6) is 0 Å². The molecule has 2 fully saturated rings. The van der Waals surface area contributed by atoms with E-state index in [9.17, 15) is 0 Å². The number of nitrogens with one attached hydrogen (secondary N) is 1. The second-order valence-corrected chi connectivity index (χ2v) is 5.67.